The van der Waals surface area contributed by atoms with Gasteiger partial charge in [0, 0.05) is 32.9 Å². The van der Waals surface area contributed by atoms with Crippen molar-refractivity contribution < 1.29 is 0 Å². The normalized spacial score (nSPS) is 11.4. The second-order valence-electron chi connectivity index (χ2n) is 19.7. The van der Waals surface area contributed by atoms with Gasteiger partial charge in [-0.1, -0.05) is 243 Å². The highest BCUT2D eigenvalue weighted by atomic mass is 15.1. The van der Waals surface area contributed by atoms with Crippen LogP contribution in [-0.2, 0) is 0 Å². The number of para-hydroxylation sites is 1. The van der Waals surface area contributed by atoms with Gasteiger partial charge in [-0.25, -0.2) is 0 Å². The van der Waals surface area contributed by atoms with Crippen molar-refractivity contribution in [3.8, 4) is 72.4 Å². The fraction of sp³-hybridized carbons (Fsp3) is 0. The Morgan fingerprint density at radius 2 is 0.579 bits per heavy atom. The van der Waals surface area contributed by atoms with Gasteiger partial charge in [-0.3, -0.25) is 0 Å². The molecule has 14 rings (SSSR count). The summed E-state index contributed by atoms with van der Waals surface area (Å²) in [5.41, 5.74) is 21.1. The standard InChI is InChI=1S/C74H50N2/c1-3-16-51(17-4-1)53-32-40-57(41-33-53)63-46-64(58-42-34-54(35-43-58)52-18-5-2-6-19-52)49-66(48-63)76-73-29-12-11-28-69(73)70-50-62(44-45-74(70)76)56-38-36-55(37-39-56)61-24-13-25-65(47-61)75(71-30-14-22-59-20-7-9-26-67(59)71)72-31-15-23-60-21-8-10-27-68(60)72/h1-50H. The van der Waals surface area contributed by atoms with E-state index in [2.05, 4.69) is 313 Å². The minimum Gasteiger partial charge on any atom is -0.309 e. The van der Waals surface area contributed by atoms with Crippen LogP contribution >= 0.6 is 0 Å². The Morgan fingerprint density at radius 1 is 0.211 bits per heavy atom. The number of anilines is 3. The average Bonchev–Trinajstić information content (AvgIpc) is 3.90. The zero-order valence-electron chi connectivity index (χ0n) is 41.8. The van der Waals surface area contributed by atoms with Crippen LogP contribution in [0.25, 0.3) is 116 Å². The summed E-state index contributed by atoms with van der Waals surface area (Å²) in [6, 6.07) is 111. The van der Waals surface area contributed by atoms with Crippen LogP contribution in [0.5, 0.6) is 0 Å². The summed E-state index contributed by atoms with van der Waals surface area (Å²) in [4.78, 5) is 2.43. The molecule has 1 aromatic heterocycles. The summed E-state index contributed by atoms with van der Waals surface area (Å²) < 4.78 is 2.45. The van der Waals surface area contributed by atoms with Crippen molar-refractivity contribution in [2.45, 2.75) is 0 Å². The van der Waals surface area contributed by atoms with Crippen molar-refractivity contribution in [1.82, 2.24) is 4.57 Å². The van der Waals surface area contributed by atoms with Gasteiger partial charge in [-0.2, -0.15) is 0 Å². The molecule has 0 atom stereocenters. The lowest BCUT2D eigenvalue weighted by molar-refractivity contribution is 1.18. The van der Waals surface area contributed by atoms with Crippen LogP contribution in [0.3, 0.4) is 0 Å². The highest BCUT2D eigenvalue weighted by Crippen LogP contribution is 2.44. The highest BCUT2D eigenvalue weighted by Gasteiger charge is 2.20. The Kier molecular flexibility index (Phi) is 11.2. The summed E-state index contributed by atoms with van der Waals surface area (Å²) in [5, 5.41) is 7.29. The molecule has 0 radical (unpaired) electrons. The van der Waals surface area contributed by atoms with Gasteiger partial charge >= 0.3 is 0 Å². The Morgan fingerprint density at radius 3 is 1.12 bits per heavy atom. The molecule has 0 aliphatic carbocycles. The van der Waals surface area contributed by atoms with Gasteiger partial charge in [-0.15, -0.1) is 0 Å². The van der Waals surface area contributed by atoms with Crippen molar-refractivity contribution >= 4 is 60.4 Å². The maximum absolute atomic E-state index is 2.45. The summed E-state index contributed by atoms with van der Waals surface area (Å²) in [6.07, 6.45) is 0. The van der Waals surface area contributed by atoms with Gasteiger partial charge in [0.1, 0.15) is 0 Å². The number of fused-ring (bicyclic) bond motifs is 5. The lowest BCUT2D eigenvalue weighted by Gasteiger charge is -2.28. The van der Waals surface area contributed by atoms with Crippen molar-refractivity contribution in [3.63, 3.8) is 0 Å². The maximum Gasteiger partial charge on any atom is 0.0541 e. The van der Waals surface area contributed by atoms with Gasteiger partial charge in [-0.05, 0) is 138 Å². The molecule has 14 aromatic rings. The molecule has 0 unspecified atom stereocenters. The Labute approximate surface area is 443 Å². The van der Waals surface area contributed by atoms with E-state index in [1.165, 1.54) is 105 Å². The first kappa shape index (κ1) is 44.7. The predicted octanol–water partition coefficient (Wildman–Crippen LogP) is 20.6. The number of benzene rings is 13. The van der Waals surface area contributed by atoms with Crippen molar-refractivity contribution in [2.75, 3.05) is 4.90 Å². The topological polar surface area (TPSA) is 8.17 Å². The van der Waals surface area contributed by atoms with E-state index in [1.807, 2.05) is 0 Å². The molecule has 0 fully saturated rings. The average molecular weight is 967 g/mol. The van der Waals surface area contributed by atoms with E-state index in [4.69, 9.17) is 0 Å². The van der Waals surface area contributed by atoms with E-state index < -0.39 is 0 Å². The molecule has 13 aromatic carbocycles. The first-order valence-electron chi connectivity index (χ1n) is 26.1. The second-order valence-corrected chi connectivity index (χ2v) is 19.7. The molecule has 356 valence electrons. The van der Waals surface area contributed by atoms with Crippen molar-refractivity contribution in [2.24, 2.45) is 0 Å². The van der Waals surface area contributed by atoms with E-state index >= 15 is 0 Å². The van der Waals surface area contributed by atoms with Gasteiger partial charge in [0.15, 0.2) is 0 Å². The molecule has 1 heterocycles. The molecule has 0 aliphatic rings. The molecule has 0 aliphatic heterocycles. The van der Waals surface area contributed by atoms with Crippen LogP contribution in [0, 0.1) is 0 Å². The Balaban J connectivity index is 0.839. The van der Waals surface area contributed by atoms with E-state index in [-0.39, 0.29) is 0 Å². The van der Waals surface area contributed by atoms with E-state index in [1.54, 1.807) is 0 Å². The van der Waals surface area contributed by atoms with E-state index in [0.29, 0.717) is 0 Å². The number of hydrogen-bond acceptors (Lipinski definition) is 1. The van der Waals surface area contributed by atoms with Gasteiger partial charge < -0.3 is 9.47 Å². The predicted molar refractivity (Wildman–Crippen MR) is 323 cm³/mol. The molecule has 0 spiro atoms. The molecule has 2 heteroatoms. The minimum atomic E-state index is 1.11. The van der Waals surface area contributed by atoms with Crippen LogP contribution in [0.1, 0.15) is 0 Å². The lowest BCUT2D eigenvalue weighted by atomic mass is 9.95. The van der Waals surface area contributed by atoms with Gasteiger partial charge in [0.05, 0.1) is 22.4 Å². The fourth-order valence-corrected chi connectivity index (χ4v) is 11.4. The first-order chi connectivity index (χ1) is 37.7. The number of rotatable bonds is 10. The second kappa shape index (κ2) is 19.1. The molecule has 76 heavy (non-hydrogen) atoms. The number of hydrogen-bond donors (Lipinski definition) is 0. The lowest BCUT2D eigenvalue weighted by Crippen LogP contribution is -2.11. The zero-order valence-corrected chi connectivity index (χ0v) is 41.8. The first-order valence-corrected chi connectivity index (χ1v) is 26.1. The molecule has 0 bridgehead atoms. The molecule has 0 amide bonds. The SMILES string of the molecule is c1ccc(-c2ccc(-c3cc(-c4ccc(-c5ccccc5)cc4)cc(-n4c5ccccc5c5cc(-c6ccc(-c7cccc(N(c8cccc9ccccc89)c8cccc9ccccc89)c7)cc6)ccc54)c3)cc2)cc1. The Hall–Kier alpha value is -10.0. The highest BCUT2D eigenvalue weighted by molar-refractivity contribution is 6.11. The van der Waals surface area contributed by atoms with Crippen LogP contribution in [0.4, 0.5) is 17.1 Å². The summed E-state index contributed by atoms with van der Waals surface area (Å²) in [5.74, 6) is 0. The van der Waals surface area contributed by atoms with Crippen LogP contribution < -0.4 is 4.90 Å². The van der Waals surface area contributed by atoms with Crippen LogP contribution in [0.2, 0.25) is 0 Å². The largest absolute Gasteiger partial charge is 0.309 e. The third-order valence-corrected chi connectivity index (χ3v) is 15.2. The third-order valence-electron chi connectivity index (χ3n) is 15.2. The van der Waals surface area contributed by atoms with Crippen molar-refractivity contribution in [3.05, 3.63) is 303 Å². The fourth-order valence-electron chi connectivity index (χ4n) is 11.4. The Bertz CT molecular complexity index is 4230. The molecule has 0 N–H and O–H groups in total. The van der Waals surface area contributed by atoms with Crippen LogP contribution in [-0.4, -0.2) is 4.57 Å². The molecular weight excluding hydrogens is 917 g/mol. The quantitative estimate of drug-likeness (QED) is 0.133. The van der Waals surface area contributed by atoms with Gasteiger partial charge in [0.25, 0.3) is 0 Å². The molecule has 2 nitrogen and oxygen atoms in total. The maximum atomic E-state index is 2.45. The minimum absolute atomic E-state index is 1.11. The van der Waals surface area contributed by atoms with Gasteiger partial charge in [0.2, 0.25) is 0 Å². The summed E-state index contributed by atoms with van der Waals surface area (Å²) >= 11 is 0. The van der Waals surface area contributed by atoms with E-state index in [0.717, 1.165) is 28.3 Å². The van der Waals surface area contributed by atoms with Crippen molar-refractivity contribution in [1.29, 1.82) is 0 Å². The van der Waals surface area contributed by atoms with Crippen LogP contribution in [0.15, 0.2) is 303 Å². The zero-order chi connectivity index (χ0) is 50.4. The third kappa shape index (κ3) is 8.19. The molecule has 0 saturated heterocycles. The summed E-state index contributed by atoms with van der Waals surface area (Å²) in [6.45, 7) is 0. The molecule has 0 saturated carbocycles. The number of nitrogens with zero attached hydrogens (tertiary/aromatic N) is 2. The van der Waals surface area contributed by atoms with E-state index in [9.17, 15) is 0 Å². The number of aromatic nitrogens is 1. The molecular formula is C74H50N2. The monoisotopic (exact) mass is 966 g/mol. The summed E-state index contributed by atoms with van der Waals surface area (Å²) in [7, 11) is 0. The smallest absolute Gasteiger partial charge is 0.0541 e.